The predicted molar refractivity (Wildman–Crippen MR) is 79.3 cm³/mol. The van der Waals surface area contributed by atoms with Crippen molar-refractivity contribution in [2.45, 2.75) is 19.4 Å². The van der Waals surface area contributed by atoms with Gasteiger partial charge in [0, 0.05) is 25.0 Å². The summed E-state index contributed by atoms with van der Waals surface area (Å²) < 4.78 is 0. The molecule has 3 N–H and O–H groups in total. The van der Waals surface area contributed by atoms with Gasteiger partial charge in [0.05, 0.1) is 5.56 Å². The molecule has 2 rings (SSSR count). The van der Waals surface area contributed by atoms with E-state index in [1.807, 2.05) is 43.3 Å². The fourth-order valence-corrected chi connectivity index (χ4v) is 1.99. The highest BCUT2D eigenvalue weighted by molar-refractivity contribution is 5.93. The number of aryl methyl sites for hydroxylation is 1. The Morgan fingerprint density at radius 2 is 2.05 bits per heavy atom. The molecule has 20 heavy (non-hydrogen) atoms. The second-order valence-corrected chi connectivity index (χ2v) is 4.81. The summed E-state index contributed by atoms with van der Waals surface area (Å²) in [4.78, 5) is 15.9. The van der Waals surface area contributed by atoms with E-state index in [9.17, 15) is 4.79 Å². The first kappa shape index (κ1) is 14.2. The molecular formula is C16H19N3O. The van der Waals surface area contributed by atoms with Gasteiger partial charge in [0.15, 0.2) is 0 Å². The zero-order chi connectivity index (χ0) is 14.4. The molecule has 1 heterocycles. The number of benzene rings is 1. The standard InChI is InChI=1S/C16H19N3O/c1-12-9-14(11-18-10-12)16(20)19-8-7-15(17)13-5-3-2-4-6-13/h2-6,9-11,15H,7-8,17H2,1H3,(H,19,20). The van der Waals surface area contributed by atoms with Crippen molar-refractivity contribution in [2.75, 3.05) is 6.54 Å². The molecule has 1 unspecified atom stereocenters. The summed E-state index contributed by atoms with van der Waals surface area (Å²) in [7, 11) is 0. The first-order valence-corrected chi connectivity index (χ1v) is 6.67. The third kappa shape index (κ3) is 3.90. The summed E-state index contributed by atoms with van der Waals surface area (Å²) in [6.07, 6.45) is 4.00. The summed E-state index contributed by atoms with van der Waals surface area (Å²) in [5.74, 6) is -0.110. The van der Waals surface area contributed by atoms with Crippen molar-refractivity contribution in [1.29, 1.82) is 0 Å². The van der Waals surface area contributed by atoms with Crippen molar-refractivity contribution in [3.05, 3.63) is 65.5 Å². The van der Waals surface area contributed by atoms with E-state index in [-0.39, 0.29) is 11.9 Å². The van der Waals surface area contributed by atoms with Gasteiger partial charge in [-0.05, 0) is 30.5 Å². The van der Waals surface area contributed by atoms with Crippen molar-refractivity contribution < 1.29 is 4.79 Å². The van der Waals surface area contributed by atoms with Crippen LogP contribution < -0.4 is 11.1 Å². The molecule has 0 aliphatic rings. The average molecular weight is 269 g/mol. The zero-order valence-electron chi connectivity index (χ0n) is 11.5. The van der Waals surface area contributed by atoms with Crippen molar-refractivity contribution >= 4 is 5.91 Å². The highest BCUT2D eigenvalue weighted by atomic mass is 16.1. The summed E-state index contributed by atoms with van der Waals surface area (Å²) in [6.45, 7) is 2.46. The van der Waals surface area contributed by atoms with Crippen LogP contribution in [0.5, 0.6) is 0 Å². The number of hydrogen-bond acceptors (Lipinski definition) is 3. The third-order valence-corrected chi connectivity index (χ3v) is 3.11. The predicted octanol–water partition coefficient (Wildman–Crippen LogP) is 2.21. The molecular weight excluding hydrogens is 250 g/mol. The second-order valence-electron chi connectivity index (χ2n) is 4.81. The number of nitrogens with zero attached hydrogens (tertiary/aromatic N) is 1. The van der Waals surface area contributed by atoms with Crippen LogP contribution in [0.25, 0.3) is 0 Å². The van der Waals surface area contributed by atoms with E-state index in [0.717, 1.165) is 11.1 Å². The van der Waals surface area contributed by atoms with Gasteiger partial charge < -0.3 is 11.1 Å². The number of nitrogens with two attached hydrogens (primary N) is 1. The van der Waals surface area contributed by atoms with E-state index >= 15 is 0 Å². The van der Waals surface area contributed by atoms with Crippen LogP contribution in [0.2, 0.25) is 0 Å². The Balaban J connectivity index is 1.83. The molecule has 0 fully saturated rings. The van der Waals surface area contributed by atoms with Crippen LogP contribution in [-0.4, -0.2) is 17.4 Å². The van der Waals surface area contributed by atoms with Crippen LogP contribution in [0.1, 0.15) is 33.9 Å². The fourth-order valence-electron chi connectivity index (χ4n) is 1.99. The van der Waals surface area contributed by atoms with Gasteiger partial charge in [-0.15, -0.1) is 0 Å². The molecule has 0 aliphatic heterocycles. The van der Waals surface area contributed by atoms with E-state index in [1.54, 1.807) is 12.4 Å². The monoisotopic (exact) mass is 269 g/mol. The molecule has 4 heteroatoms. The van der Waals surface area contributed by atoms with Gasteiger partial charge in [-0.25, -0.2) is 0 Å². The largest absolute Gasteiger partial charge is 0.352 e. The number of rotatable bonds is 5. The smallest absolute Gasteiger partial charge is 0.252 e. The lowest BCUT2D eigenvalue weighted by atomic mass is 10.1. The molecule has 2 aromatic rings. The van der Waals surface area contributed by atoms with Crippen LogP contribution in [0, 0.1) is 6.92 Å². The quantitative estimate of drug-likeness (QED) is 0.874. The minimum absolute atomic E-state index is 0.0628. The van der Waals surface area contributed by atoms with Gasteiger partial charge in [-0.1, -0.05) is 30.3 Å². The number of pyridine rings is 1. The molecule has 1 atom stereocenters. The van der Waals surface area contributed by atoms with E-state index < -0.39 is 0 Å². The Labute approximate surface area is 119 Å². The molecule has 1 aromatic carbocycles. The number of aromatic nitrogens is 1. The third-order valence-electron chi connectivity index (χ3n) is 3.11. The number of carbonyl (C=O) groups is 1. The average Bonchev–Trinajstić information content (AvgIpc) is 2.48. The van der Waals surface area contributed by atoms with Gasteiger partial charge in [0.1, 0.15) is 0 Å². The van der Waals surface area contributed by atoms with E-state index in [4.69, 9.17) is 5.73 Å². The fraction of sp³-hybridized carbons (Fsp3) is 0.250. The topological polar surface area (TPSA) is 68.0 Å². The summed E-state index contributed by atoms with van der Waals surface area (Å²) in [5.41, 5.74) is 8.72. The van der Waals surface area contributed by atoms with Gasteiger partial charge in [-0.2, -0.15) is 0 Å². The Hall–Kier alpha value is -2.20. The zero-order valence-corrected chi connectivity index (χ0v) is 11.5. The van der Waals surface area contributed by atoms with Crippen LogP contribution in [-0.2, 0) is 0 Å². The SMILES string of the molecule is Cc1cncc(C(=O)NCCC(N)c2ccccc2)c1. The lowest BCUT2D eigenvalue weighted by molar-refractivity contribution is 0.0952. The van der Waals surface area contributed by atoms with Gasteiger partial charge in [-0.3, -0.25) is 9.78 Å². The maximum atomic E-state index is 11.9. The Morgan fingerprint density at radius 3 is 2.75 bits per heavy atom. The van der Waals surface area contributed by atoms with Gasteiger partial charge in [0.2, 0.25) is 0 Å². The normalized spacial score (nSPS) is 11.9. The lowest BCUT2D eigenvalue weighted by Crippen LogP contribution is -2.27. The number of amides is 1. The van der Waals surface area contributed by atoms with Crippen molar-refractivity contribution in [1.82, 2.24) is 10.3 Å². The number of nitrogens with one attached hydrogen (secondary N) is 1. The highest BCUT2D eigenvalue weighted by Crippen LogP contribution is 2.12. The lowest BCUT2D eigenvalue weighted by Gasteiger charge is -2.12. The highest BCUT2D eigenvalue weighted by Gasteiger charge is 2.08. The van der Waals surface area contributed by atoms with Gasteiger partial charge in [0.25, 0.3) is 5.91 Å². The minimum Gasteiger partial charge on any atom is -0.352 e. The van der Waals surface area contributed by atoms with Crippen molar-refractivity contribution in [3.63, 3.8) is 0 Å². The van der Waals surface area contributed by atoms with E-state index in [1.165, 1.54) is 0 Å². The molecule has 0 saturated carbocycles. The Morgan fingerprint density at radius 1 is 1.30 bits per heavy atom. The first-order chi connectivity index (χ1) is 9.66. The number of hydrogen-bond donors (Lipinski definition) is 2. The maximum Gasteiger partial charge on any atom is 0.252 e. The van der Waals surface area contributed by atoms with Crippen molar-refractivity contribution in [2.24, 2.45) is 5.73 Å². The summed E-state index contributed by atoms with van der Waals surface area (Å²) in [5, 5.41) is 2.87. The molecule has 1 aromatic heterocycles. The summed E-state index contributed by atoms with van der Waals surface area (Å²) in [6, 6.07) is 11.6. The molecule has 4 nitrogen and oxygen atoms in total. The van der Waals surface area contributed by atoms with E-state index in [0.29, 0.717) is 18.5 Å². The van der Waals surface area contributed by atoms with E-state index in [2.05, 4.69) is 10.3 Å². The molecule has 1 amide bonds. The Bertz CT molecular complexity index is 569. The second kappa shape index (κ2) is 6.82. The maximum absolute atomic E-state index is 11.9. The van der Waals surface area contributed by atoms with Crippen LogP contribution in [0.3, 0.4) is 0 Å². The minimum atomic E-state index is -0.110. The molecule has 104 valence electrons. The van der Waals surface area contributed by atoms with Gasteiger partial charge >= 0.3 is 0 Å². The van der Waals surface area contributed by atoms with Crippen LogP contribution in [0.15, 0.2) is 48.8 Å². The van der Waals surface area contributed by atoms with Crippen LogP contribution in [0.4, 0.5) is 0 Å². The Kier molecular flexibility index (Phi) is 4.85. The van der Waals surface area contributed by atoms with Crippen LogP contribution >= 0.6 is 0 Å². The molecule has 0 aliphatic carbocycles. The molecule has 0 saturated heterocycles. The summed E-state index contributed by atoms with van der Waals surface area (Å²) >= 11 is 0. The van der Waals surface area contributed by atoms with Crippen molar-refractivity contribution in [3.8, 4) is 0 Å². The molecule has 0 bridgehead atoms. The first-order valence-electron chi connectivity index (χ1n) is 6.67. The molecule has 0 spiro atoms. The number of carbonyl (C=O) groups excluding carboxylic acids is 1. The molecule has 0 radical (unpaired) electrons.